The van der Waals surface area contributed by atoms with Crippen LogP contribution in [0.25, 0.3) is 11.0 Å². The number of hydrogen-bond acceptors (Lipinski definition) is 5. The number of amides is 1. The number of hydrogen-bond donors (Lipinski definition) is 1. The lowest BCUT2D eigenvalue weighted by molar-refractivity contribution is -0.119. The summed E-state index contributed by atoms with van der Waals surface area (Å²) in [5.74, 6) is -0.973. The number of benzene rings is 1. The SMILES string of the molecule is Cc1cc(C(=O)OCC(=O)Nc2ccccc2I)c2cnn(C(C)C)c2n1. The molecule has 1 N–H and O–H groups in total. The summed E-state index contributed by atoms with van der Waals surface area (Å²) in [6.45, 7) is 5.41. The van der Waals surface area contributed by atoms with Gasteiger partial charge in [0.25, 0.3) is 5.91 Å². The van der Waals surface area contributed by atoms with Crippen molar-refractivity contribution in [2.45, 2.75) is 26.8 Å². The summed E-state index contributed by atoms with van der Waals surface area (Å²) in [6.07, 6.45) is 1.60. The number of nitrogens with one attached hydrogen (secondary N) is 1. The van der Waals surface area contributed by atoms with E-state index in [9.17, 15) is 9.59 Å². The van der Waals surface area contributed by atoms with Crippen LogP contribution >= 0.6 is 22.6 Å². The maximum absolute atomic E-state index is 12.5. The Bertz CT molecular complexity index is 1010. The number of ether oxygens (including phenoxy) is 1. The highest BCUT2D eigenvalue weighted by Gasteiger charge is 2.19. The minimum Gasteiger partial charge on any atom is -0.452 e. The predicted molar refractivity (Wildman–Crippen MR) is 111 cm³/mol. The van der Waals surface area contributed by atoms with Crippen LogP contribution in [0, 0.1) is 10.5 Å². The van der Waals surface area contributed by atoms with Gasteiger partial charge in [0, 0.05) is 15.3 Å². The quantitative estimate of drug-likeness (QED) is 0.447. The van der Waals surface area contributed by atoms with Crippen LogP contribution in [-0.4, -0.2) is 33.2 Å². The van der Waals surface area contributed by atoms with Gasteiger partial charge in [0.05, 0.1) is 22.8 Å². The summed E-state index contributed by atoms with van der Waals surface area (Å²) in [4.78, 5) is 29.1. The van der Waals surface area contributed by atoms with Crippen LogP contribution in [0.3, 0.4) is 0 Å². The van der Waals surface area contributed by atoms with Gasteiger partial charge in [0.2, 0.25) is 0 Å². The fraction of sp³-hybridized carbons (Fsp3) is 0.263. The Hall–Kier alpha value is -2.49. The molecule has 0 radical (unpaired) electrons. The Kier molecular flexibility index (Phi) is 5.73. The Morgan fingerprint density at radius 3 is 2.74 bits per heavy atom. The molecule has 8 heteroatoms. The van der Waals surface area contributed by atoms with E-state index in [4.69, 9.17) is 4.74 Å². The molecule has 0 saturated heterocycles. The molecular formula is C19H19IN4O3. The summed E-state index contributed by atoms with van der Waals surface area (Å²) in [5.41, 5.74) is 2.34. The molecule has 0 atom stereocenters. The molecule has 3 aromatic rings. The molecule has 0 bridgehead atoms. The lowest BCUT2D eigenvalue weighted by Gasteiger charge is -2.10. The first-order valence-electron chi connectivity index (χ1n) is 8.43. The average molecular weight is 478 g/mol. The number of anilines is 1. The van der Waals surface area contributed by atoms with Crippen molar-refractivity contribution in [1.29, 1.82) is 0 Å². The number of carbonyl (C=O) groups excluding carboxylic acids is 2. The zero-order valence-corrected chi connectivity index (χ0v) is 17.4. The molecule has 0 aliphatic heterocycles. The fourth-order valence-corrected chi connectivity index (χ4v) is 3.17. The van der Waals surface area contributed by atoms with Gasteiger partial charge in [-0.1, -0.05) is 12.1 Å². The number of aromatic nitrogens is 3. The average Bonchev–Trinajstić information content (AvgIpc) is 3.05. The summed E-state index contributed by atoms with van der Waals surface area (Å²) in [6, 6.07) is 9.13. The van der Waals surface area contributed by atoms with E-state index in [-0.39, 0.29) is 12.6 Å². The van der Waals surface area contributed by atoms with Crippen LogP contribution in [0.5, 0.6) is 0 Å². The Labute approximate surface area is 170 Å². The van der Waals surface area contributed by atoms with Crippen molar-refractivity contribution in [3.63, 3.8) is 0 Å². The minimum atomic E-state index is -0.577. The second-order valence-electron chi connectivity index (χ2n) is 6.34. The van der Waals surface area contributed by atoms with Crippen LogP contribution in [0.2, 0.25) is 0 Å². The van der Waals surface area contributed by atoms with E-state index in [2.05, 4.69) is 38.0 Å². The number of para-hydroxylation sites is 1. The molecule has 0 saturated carbocycles. The third kappa shape index (κ3) is 4.26. The standard InChI is InChI=1S/C19H19IN4O3/c1-11(2)24-18-14(9-21-24)13(8-12(3)22-18)19(26)27-10-17(25)23-16-7-5-4-6-15(16)20/h4-9,11H,10H2,1-3H3,(H,23,25). The van der Waals surface area contributed by atoms with Gasteiger partial charge in [-0.3, -0.25) is 4.79 Å². The molecular weight excluding hydrogens is 459 g/mol. The predicted octanol–water partition coefficient (Wildman–Crippen LogP) is 3.72. The first-order valence-corrected chi connectivity index (χ1v) is 9.51. The smallest absolute Gasteiger partial charge is 0.339 e. The molecule has 1 aromatic carbocycles. The van der Waals surface area contributed by atoms with Crippen LogP contribution in [0.1, 0.15) is 35.9 Å². The molecule has 0 aliphatic rings. The van der Waals surface area contributed by atoms with Crippen LogP contribution in [0.4, 0.5) is 5.69 Å². The van der Waals surface area contributed by atoms with E-state index in [0.29, 0.717) is 28.0 Å². The Morgan fingerprint density at radius 2 is 2.04 bits per heavy atom. The Balaban J connectivity index is 1.75. The molecule has 3 rings (SSSR count). The molecule has 140 valence electrons. The van der Waals surface area contributed by atoms with Crippen molar-refractivity contribution >= 4 is 51.2 Å². The summed E-state index contributed by atoms with van der Waals surface area (Å²) >= 11 is 2.13. The zero-order valence-electron chi connectivity index (χ0n) is 15.2. The largest absolute Gasteiger partial charge is 0.452 e. The molecule has 0 unspecified atom stereocenters. The summed E-state index contributed by atoms with van der Waals surface area (Å²) in [7, 11) is 0. The summed E-state index contributed by atoms with van der Waals surface area (Å²) in [5, 5.41) is 7.65. The van der Waals surface area contributed by atoms with E-state index in [1.807, 2.05) is 32.0 Å². The van der Waals surface area contributed by atoms with Gasteiger partial charge < -0.3 is 10.1 Å². The van der Waals surface area contributed by atoms with Gasteiger partial charge in [-0.15, -0.1) is 0 Å². The second kappa shape index (κ2) is 8.03. The second-order valence-corrected chi connectivity index (χ2v) is 7.50. The lowest BCUT2D eigenvalue weighted by atomic mass is 10.1. The van der Waals surface area contributed by atoms with E-state index >= 15 is 0 Å². The van der Waals surface area contributed by atoms with Crippen LogP contribution in [-0.2, 0) is 9.53 Å². The normalized spacial score (nSPS) is 11.0. The van der Waals surface area contributed by atoms with Crippen molar-refractivity contribution < 1.29 is 14.3 Å². The number of aryl methyl sites for hydroxylation is 1. The van der Waals surface area contributed by atoms with Gasteiger partial charge in [-0.05, 0) is 61.6 Å². The van der Waals surface area contributed by atoms with Crippen LogP contribution < -0.4 is 5.32 Å². The van der Waals surface area contributed by atoms with E-state index in [1.54, 1.807) is 29.9 Å². The number of nitrogens with zero attached hydrogens (tertiary/aromatic N) is 3. The van der Waals surface area contributed by atoms with Gasteiger partial charge >= 0.3 is 5.97 Å². The summed E-state index contributed by atoms with van der Waals surface area (Å²) < 4.78 is 7.87. The van der Waals surface area contributed by atoms with Gasteiger partial charge in [-0.25, -0.2) is 14.5 Å². The van der Waals surface area contributed by atoms with Crippen LogP contribution in [0.15, 0.2) is 36.5 Å². The molecule has 1 amide bonds. The molecule has 0 fully saturated rings. The number of esters is 1. The van der Waals surface area contributed by atoms with E-state index in [0.717, 1.165) is 3.57 Å². The van der Waals surface area contributed by atoms with Crippen molar-refractivity contribution in [2.75, 3.05) is 11.9 Å². The fourth-order valence-electron chi connectivity index (χ4n) is 2.65. The lowest BCUT2D eigenvalue weighted by Crippen LogP contribution is -2.21. The first kappa shape index (κ1) is 19.3. The van der Waals surface area contributed by atoms with Gasteiger partial charge in [0.15, 0.2) is 12.3 Å². The highest BCUT2D eigenvalue weighted by Crippen LogP contribution is 2.22. The monoisotopic (exact) mass is 478 g/mol. The molecule has 2 aromatic heterocycles. The maximum atomic E-state index is 12.5. The third-order valence-electron chi connectivity index (χ3n) is 3.89. The van der Waals surface area contributed by atoms with E-state index < -0.39 is 11.9 Å². The highest BCUT2D eigenvalue weighted by molar-refractivity contribution is 14.1. The number of rotatable bonds is 5. The van der Waals surface area contributed by atoms with Gasteiger partial charge in [0.1, 0.15) is 0 Å². The number of carbonyl (C=O) groups is 2. The number of halogens is 1. The van der Waals surface area contributed by atoms with Crippen molar-refractivity contribution in [3.8, 4) is 0 Å². The minimum absolute atomic E-state index is 0.111. The number of pyridine rings is 1. The molecule has 2 heterocycles. The number of fused-ring (bicyclic) bond motifs is 1. The van der Waals surface area contributed by atoms with Crippen molar-refractivity contribution in [2.24, 2.45) is 0 Å². The first-order chi connectivity index (χ1) is 12.9. The molecule has 27 heavy (non-hydrogen) atoms. The maximum Gasteiger partial charge on any atom is 0.339 e. The third-order valence-corrected chi connectivity index (χ3v) is 4.83. The molecule has 0 aliphatic carbocycles. The molecule has 0 spiro atoms. The van der Waals surface area contributed by atoms with Gasteiger partial charge in [-0.2, -0.15) is 5.10 Å². The Morgan fingerprint density at radius 1 is 1.30 bits per heavy atom. The van der Waals surface area contributed by atoms with Crippen molar-refractivity contribution in [1.82, 2.24) is 14.8 Å². The zero-order chi connectivity index (χ0) is 19.6. The van der Waals surface area contributed by atoms with Crippen molar-refractivity contribution in [3.05, 3.63) is 51.4 Å². The molecule has 7 nitrogen and oxygen atoms in total. The highest BCUT2D eigenvalue weighted by atomic mass is 127. The topological polar surface area (TPSA) is 86.1 Å². The van der Waals surface area contributed by atoms with E-state index in [1.165, 1.54) is 0 Å².